The molecule has 2 aromatic carbocycles. The summed E-state index contributed by atoms with van der Waals surface area (Å²) in [5.41, 5.74) is 7.20. The van der Waals surface area contributed by atoms with Crippen molar-refractivity contribution in [1.82, 2.24) is 0 Å². The van der Waals surface area contributed by atoms with Gasteiger partial charge in [0.05, 0.1) is 5.69 Å². The van der Waals surface area contributed by atoms with Crippen LogP contribution in [0.4, 0.5) is 10.7 Å². The molecule has 3 N–H and O–H groups in total. The maximum Gasteiger partial charge on any atom is 0.205 e. The minimum absolute atomic E-state index is 0.154. The van der Waals surface area contributed by atoms with Gasteiger partial charge in [-0.2, -0.15) is 5.26 Å². The van der Waals surface area contributed by atoms with Crippen molar-refractivity contribution in [1.29, 1.82) is 5.26 Å². The van der Waals surface area contributed by atoms with Crippen molar-refractivity contribution in [3.63, 3.8) is 0 Å². The van der Waals surface area contributed by atoms with Gasteiger partial charge < -0.3 is 11.1 Å². The highest BCUT2D eigenvalue weighted by Gasteiger charge is 2.22. The average Bonchev–Trinajstić information content (AvgIpc) is 2.89. The van der Waals surface area contributed by atoms with Crippen LogP contribution in [0.2, 0.25) is 0 Å². The summed E-state index contributed by atoms with van der Waals surface area (Å²) in [4.78, 5) is 13.2. The summed E-state index contributed by atoms with van der Waals surface area (Å²) in [6.45, 7) is 2.60. The molecule has 0 amide bonds. The fourth-order valence-corrected chi connectivity index (χ4v) is 3.57. The average molecular weight is 321 g/mol. The molecular formula is C18H15N3OS. The number of hydrogen-bond donors (Lipinski definition) is 2. The van der Waals surface area contributed by atoms with Crippen LogP contribution >= 0.6 is 11.3 Å². The Labute approximate surface area is 138 Å². The van der Waals surface area contributed by atoms with Crippen LogP contribution in [0.25, 0.3) is 10.8 Å². The van der Waals surface area contributed by atoms with Crippen molar-refractivity contribution in [2.75, 3.05) is 17.6 Å². The van der Waals surface area contributed by atoms with Crippen LogP contribution in [0.3, 0.4) is 0 Å². The number of nitrogens with one attached hydrogen (secondary N) is 1. The minimum atomic E-state index is -0.154. The van der Waals surface area contributed by atoms with Crippen LogP contribution in [-0.4, -0.2) is 12.3 Å². The quantitative estimate of drug-likeness (QED) is 0.711. The first-order chi connectivity index (χ1) is 11.2. The van der Waals surface area contributed by atoms with Gasteiger partial charge in [-0.15, -0.1) is 11.3 Å². The van der Waals surface area contributed by atoms with E-state index in [0.717, 1.165) is 10.8 Å². The summed E-state index contributed by atoms with van der Waals surface area (Å²) in [7, 11) is 0. The number of nitriles is 1. The molecule has 3 aromatic rings. The first-order valence-electron chi connectivity index (χ1n) is 7.25. The van der Waals surface area contributed by atoms with E-state index in [-0.39, 0.29) is 11.5 Å². The molecule has 3 rings (SSSR count). The number of anilines is 2. The number of carbonyl (C=O) groups is 1. The zero-order valence-electron chi connectivity index (χ0n) is 12.6. The number of nitrogen functional groups attached to an aromatic ring is 1. The molecule has 0 fully saturated rings. The van der Waals surface area contributed by atoms with Gasteiger partial charge in [-0.1, -0.05) is 36.4 Å². The second kappa shape index (κ2) is 6.11. The maximum absolute atomic E-state index is 12.8. The Morgan fingerprint density at radius 2 is 2.00 bits per heavy atom. The number of nitrogens with two attached hydrogens (primary N) is 1. The highest BCUT2D eigenvalue weighted by molar-refractivity contribution is 7.19. The molecule has 0 aliphatic carbocycles. The molecule has 1 heterocycles. The van der Waals surface area contributed by atoms with Crippen molar-refractivity contribution >= 4 is 38.6 Å². The molecule has 23 heavy (non-hydrogen) atoms. The lowest BCUT2D eigenvalue weighted by atomic mass is 10.0. The summed E-state index contributed by atoms with van der Waals surface area (Å²) in [5.74, 6) is -0.154. The summed E-state index contributed by atoms with van der Waals surface area (Å²) in [6, 6.07) is 15.5. The zero-order chi connectivity index (χ0) is 16.4. The molecule has 0 saturated heterocycles. The smallest absolute Gasteiger partial charge is 0.205 e. The van der Waals surface area contributed by atoms with Gasteiger partial charge >= 0.3 is 0 Å². The molecule has 0 unspecified atom stereocenters. The van der Waals surface area contributed by atoms with E-state index in [1.807, 2.05) is 43.3 Å². The predicted octanol–water partition coefficient (Wildman–Crippen LogP) is 4.02. The Hall–Kier alpha value is -2.84. The van der Waals surface area contributed by atoms with E-state index in [1.54, 1.807) is 6.07 Å². The number of benzene rings is 2. The highest BCUT2D eigenvalue weighted by Crippen LogP contribution is 2.36. The molecule has 4 nitrogen and oxygen atoms in total. The molecule has 0 aliphatic rings. The Kier molecular flexibility index (Phi) is 4.00. The van der Waals surface area contributed by atoms with Gasteiger partial charge in [0.25, 0.3) is 0 Å². The summed E-state index contributed by atoms with van der Waals surface area (Å²) >= 11 is 1.24. The van der Waals surface area contributed by atoms with Gasteiger partial charge in [0.1, 0.15) is 21.5 Å². The van der Waals surface area contributed by atoms with Crippen molar-refractivity contribution in [2.24, 2.45) is 0 Å². The van der Waals surface area contributed by atoms with E-state index in [4.69, 9.17) is 5.73 Å². The van der Waals surface area contributed by atoms with Gasteiger partial charge in [-0.25, -0.2) is 0 Å². The topological polar surface area (TPSA) is 78.9 Å². The third-order valence-electron chi connectivity index (χ3n) is 3.61. The molecular weight excluding hydrogens is 306 g/mol. The van der Waals surface area contributed by atoms with Crippen molar-refractivity contribution in [2.45, 2.75) is 6.92 Å². The number of nitrogens with zero attached hydrogens (tertiary/aromatic N) is 1. The molecule has 114 valence electrons. The van der Waals surface area contributed by atoms with Gasteiger partial charge in [0.15, 0.2) is 0 Å². The summed E-state index contributed by atoms with van der Waals surface area (Å²) in [5, 5.41) is 15.1. The number of carbonyl (C=O) groups excluding carboxylic acids is 1. The van der Waals surface area contributed by atoms with Gasteiger partial charge in [-0.3, -0.25) is 4.79 Å². The molecule has 5 heteroatoms. The molecule has 1 aromatic heterocycles. The second-order valence-electron chi connectivity index (χ2n) is 5.08. The normalized spacial score (nSPS) is 10.4. The Bertz CT molecular complexity index is 937. The van der Waals surface area contributed by atoms with E-state index in [9.17, 15) is 10.1 Å². The largest absolute Gasteiger partial charge is 0.396 e. The van der Waals surface area contributed by atoms with E-state index in [1.165, 1.54) is 11.3 Å². The van der Waals surface area contributed by atoms with E-state index in [2.05, 4.69) is 11.4 Å². The van der Waals surface area contributed by atoms with Crippen LogP contribution in [-0.2, 0) is 0 Å². The van der Waals surface area contributed by atoms with Crippen LogP contribution in [0.15, 0.2) is 42.5 Å². The summed E-state index contributed by atoms with van der Waals surface area (Å²) < 4.78 is 0. The number of hydrogen-bond acceptors (Lipinski definition) is 5. The first kappa shape index (κ1) is 15.1. The lowest BCUT2D eigenvalue weighted by Gasteiger charge is -2.02. The first-order valence-corrected chi connectivity index (χ1v) is 8.07. The van der Waals surface area contributed by atoms with E-state index in [0.29, 0.717) is 27.5 Å². The lowest BCUT2D eigenvalue weighted by molar-refractivity contribution is 0.104. The Balaban J connectivity index is 2.07. The number of ketones is 1. The third-order valence-corrected chi connectivity index (χ3v) is 4.77. The predicted molar refractivity (Wildman–Crippen MR) is 95.0 cm³/mol. The monoisotopic (exact) mass is 321 g/mol. The third kappa shape index (κ3) is 2.65. The van der Waals surface area contributed by atoms with Crippen molar-refractivity contribution < 1.29 is 4.79 Å². The van der Waals surface area contributed by atoms with E-state index < -0.39 is 0 Å². The maximum atomic E-state index is 12.8. The molecule has 0 saturated carbocycles. The Morgan fingerprint density at radius 1 is 1.26 bits per heavy atom. The Morgan fingerprint density at radius 3 is 2.70 bits per heavy atom. The molecule has 0 spiro atoms. The molecule has 0 radical (unpaired) electrons. The molecule has 0 bridgehead atoms. The second-order valence-corrected chi connectivity index (χ2v) is 6.10. The minimum Gasteiger partial charge on any atom is -0.396 e. The number of rotatable bonds is 4. The molecule has 0 aliphatic heterocycles. The number of thiophene rings is 1. The van der Waals surface area contributed by atoms with Crippen LogP contribution in [0.1, 0.15) is 27.7 Å². The highest BCUT2D eigenvalue weighted by atomic mass is 32.1. The van der Waals surface area contributed by atoms with Crippen molar-refractivity contribution in [3.8, 4) is 6.07 Å². The van der Waals surface area contributed by atoms with Gasteiger partial charge in [0.2, 0.25) is 5.78 Å². The zero-order valence-corrected chi connectivity index (χ0v) is 13.4. The number of fused-ring (bicyclic) bond motifs is 1. The van der Waals surface area contributed by atoms with Gasteiger partial charge in [-0.05, 0) is 23.8 Å². The summed E-state index contributed by atoms with van der Waals surface area (Å²) in [6.07, 6.45) is 0. The van der Waals surface area contributed by atoms with Crippen LogP contribution < -0.4 is 11.1 Å². The lowest BCUT2D eigenvalue weighted by Crippen LogP contribution is -2.02. The standard InChI is InChI=1S/C18H15N3OS/c1-2-21-18-14(10-19)15(20)17(23-18)16(22)13-8-7-11-5-3-4-6-12(11)9-13/h3-9,21H,2,20H2,1H3. The van der Waals surface area contributed by atoms with Crippen LogP contribution in [0.5, 0.6) is 0 Å². The van der Waals surface area contributed by atoms with Crippen LogP contribution in [0, 0.1) is 11.3 Å². The fourth-order valence-electron chi connectivity index (χ4n) is 2.47. The molecule has 0 atom stereocenters. The van der Waals surface area contributed by atoms with Crippen molar-refractivity contribution in [3.05, 3.63) is 58.5 Å². The van der Waals surface area contributed by atoms with E-state index >= 15 is 0 Å². The SMILES string of the molecule is CCNc1sc(C(=O)c2ccc3ccccc3c2)c(N)c1C#N. The fraction of sp³-hybridized carbons (Fsp3) is 0.111. The van der Waals surface area contributed by atoms with Gasteiger partial charge in [0, 0.05) is 12.1 Å².